The molecule has 0 aliphatic heterocycles. The van der Waals surface area contributed by atoms with Gasteiger partial charge in [-0.1, -0.05) is 40.0 Å². The topological polar surface area (TPSA) is 103 Å². The molecule has 0 saturated carbocycles. The van der Waals surface area contributed by atoms with Crippen LogP contribution in [0, 0.1) is 0 Å². The van der Waals surface area contributed by atoms with Gasteiger partial charge in [-0.15, -0.1) is 0 Å². The van der Waals surface area contributed by atoms with Crippen LogP contribution >= 0.6 is 0 Å². The zero-order chi connectivity index (χ0) is 12.3. The molecule has 0 aromatic carbocycles. The van der Waals surface area contributed by atoms with Gasteiger partial charge in [0.1, 0.15) is 0 Å². The van der Waals surface area contributed by atoms with E-state index in [0.717, 1.165) is 37.4 Å². The Morgan fingerprint density at radius 2 is 1.00 bits per heavy atom. The quantitative estimate of drug-likeness (QED) is 0.705. The van der Waals surface area contributed by atoms with Crippen molar-refractivity contribution >= 4 is 8.32 Å². The summed E-state index contributed by atoms with van der Waals surface area (Å²) in [5.74, 6) is 0. The second-order valence-electron chi connectivity index (χ2n) is 4.57. The Kier molecular flexibility index (Phi) is 35.3. The van der Waals surface area contributed by atoms with Crippen LogP contribution < -0.4 is 0 Å². The van der Waals surface area contributed by atoms with Crippen molar-refractivity contribution in [1.29, 1.82) is 0 Å². The maximum atomic E-state index is 10.2. The molecule has 0 amide bonds. The van der Waals surface area contributed by atoms with Crippen LogP contribution in [0.4, 0.5) is 0 Å². The van der Waals surface area contributed by atoms with E-state index in [1.807, 2.05) is 0 Å². The van der Waals surface area contributed by atoms with Gasteiger partial charge in [-0.3, -0.25) is 0 Å². The molecule has 0 aromatic rings. The Morgan fingerprint density at radius 3 is 1.11 bits per heavy atom. The first-order valence-electron chi connectivity index (χ1n) is 6.32. The number of aliphatic hydroxyl groups excluding tert-OH is 1. The van der Waals surface area contributed by atoms with Crippen molar-refractivity contribution < 1.29 is 47.1 Å². The number of hydrogen-bond donors (Lipinski definition) is 2. The van der Waals surface area contributed by atoms with E-state index in [1.54, 1.807) is 13.8 Å². The Balaban J connectivity index is -0.0000000712. The molecule has 114 valence electrons. The maximum absolute atomic E-state index is 10.2. The second kappa shape index (κ2) is 20.3. The molecule has 18 heavy (non-hydrogen) atoms. The van der Waals surface area contributed by atoms with Gasteiger partial charge in [-0.2, -0.15) is 0 Å². The molecule has 6 N–H and O–H groups in total. The van der Waals surface area contributed by atoms with Crippen LogP contribution in [0.25, 0.3) is 0 Å². The van der Waals surface area contributed by atoms with Crippen LogP contribution in [0.1, 0.15) is 53.9 Å². The summed E-state index contributed by atoms with van der Waals surface area (Å²) in [5, 5.41) is 8.06. The first kappa shape index (κ1) is 31.4. The van der Waals surface area contributed by atoms with Crippen molar-refractivity contribution in [2.75, 3.05) is 0 Å². The smallest absolute Gasteiger partial charge is 0.188 e. The van der Waals surface area contributed by atoms with Crippen molar-refractivity contribution in [1.82, 2.24) is 0 Å². The molecule has 0 radical (unpaired) electrons. The van der Waals surface area contributed by atoms with Crippen LogP contribution in [0.2, 0.25) is 18.1 Å². The van der Waals surface area contributed by atoms with Crippen molar-refractivity contribution in [2.24, 2.45) is 0 Å². The monoisotopic (exact) mass is 360 g/mol. The van der Waals surface area contributed by atoms with Crippen molar-refractivity contribution in [2.45, 2.75) is 78.1 Å². The number of hydrogen-bond acceptors (Lipinski definition) is 2. The van der Waals surface area contributed by atoms with Gasteiger partial charge in [0.05, 0.1) is 0 Å². The molecule has 0 fully saturated rings. The fourth-order valence-electron chi connectivity index (χ4n) is 1.77. The minimum Gasteiger partial charge on any atom is -0.432 e. The van der Waals surface area contributed by atoms with E-state index >= 15 is 0 Å². The molecule has 0 aliphatic rings. The summed E-state index contributed by atoms with van der Waals surface area (Å²) in [6.07, 6.45) is 3.30. The van der Waals surface area contributed by atoms with Gasteiger partial charge in [0.25, 0.3) is 0 Å². The Hall–Kier alpha value is 0.940. The van der Waals surface area contributed by atoms with Gasteiger partial charge in [-0.25, -0.2) is 0 Å². The predicted molar refractivity (Wildman–Crippen MR) is 77.8 cm³/mol. The summed E-state index contributed by atoms with van der Waals surface area (Å²) in [4.78, 5) is 10.2. The number of aliphatic hydroxyl groups is 1. The summed E-state index contributed by atoms with van der Waals surface area (Å²) in [7, 11) is -1.75. The summed E-state index contributed by atoms with van der Waals surface area (Å²) in [6, 6.07) is 3.32. The van der Waals surface area contributed by atoms with Gasteiger partial charge in [0, 0.05) is 32.3 Å². The molecule has 0 heterocycles. The minimum absolute atomic E-state index is 0. The molecule has 0 spiro atoms. The second-order valence-corrected chi connectivity index (χ2v) is 8.52. The molecule has 0 aliphatic carbocycles. The molecule has 0 rings (SSSR count). The summed E-state index contributed by atoms with van der Waals surface area (Å²) >= 11 is 0. The first-order valence-corrected chi connectivity index (χ1v) is 8.89. The third kappa shape index (κ3) is 25.7. The van der Waals surface area contributed by atoms with Crippen LogP contribution in [-0.2, 0) is 26.2 Å². The Labute approximate surface area is 133 Å². The van der Waals surface area contributed by atoms with Gasteiger partial charge in [0.2, 0.25) is 0 Å². The molecule has 0 saturated heterocycles. The van der Waals surface area contributed by atoms with Crippen molar-refractivity contribution in [3.8, 4) is 0 Å². The first-order chi connectivity index (χ1) is 6.91. The molecule has 6 heteroatoms. The molecule has 4 nitrogen and oxygen atoms in total. The Morgan fingerprint density at radius 1 is 0.833 bits per heavy atom. The maximum Gasteiger partial charge on any atom is 0.188 e. The fourth-order valence-corrected chi connectivity index (χ4v) is 5.31. The van der Waals surface area contributed by atoms with Crippen LogP contribution in [0.3, 0.4) is 0 Å². The molecule has 0 unspecified atom stereocenters. The zero-order valence-electron chi connectivity index (χ0n) is 12.7. The van der Waals surface area contributed by atoms with E-state index in [0.29, 0.717) is 0 Å². The third-order valence-corrected chi connectivity index (χ3v) is 6.44. The largest absolute Gasteiger partial charge is 0.432 e. The van der Waals surface area contributed by atoms with E-state index < -0.39 is 8.32 Å². The Bertz CT molecular complexity index is 117. The average Bonchev–Trinajstić information content (AvgIpc) is 2.03. The zero-order valence-corrected chi connectivity index (χ0v) is 16.2. The van der Waals surface area contributed by atoms with E-state index in [1.165, 1.54) is 0 Å². The molecular weight excluding hydrogens is 327 g/mol. The van der Waals surface area contributed by atoms with E-state index in [4.69, 9.17) is 5.11 Å². The van der Waals surface area contributed by atoms with Gasteiger partial charge < -0.3 is 20.9 Å². The fraction of sp³-hybridized carbons (Fsp3) is 1.00. The molecule has 0 atom stereocenters. The third-order valence-electron chi connectivity index (χ3n) is 2.15. The standard InChI is InChI=1S/C9H22OSi.C3H8O.2H2O.Zr/c1-4-7-11(10,8-5-2)9-6-3;1-3(2)4;;;/h10H,4-9H2,1-3H3;3-4H,1-2H3;2*1H2;. The van der Waals surface area contributed by atoms with Crippen LogP contribution in [-0.4, -0.2) is 35.3 Å². The summed E-state index contributed by atoms with van der Waals surface area (Å²) in [6.45, 7) is 9.95. The van der Waals surface area contributed by atoms with E-state index in [9.17, 15) is 4.80 Å². The molecule has 0 aromatic heterocycles. The van der Waals surface area contributed by atoms with E-state index in [-0.39, 0.29) is 43.3 Å². The van der Waals surface area contributed by atoms with Gasteiger partial charge >= 0.3 is 0 Å². The summed E-state index contributed by atoms with van der Waals surface area (Å²) < 4.78 is 0. The average molecular weight is 362 g/mol. The van der Waals surface area contributed by atoms with Crippen LogP contribution in [0.5, 0.6) is 0 Å². The number of rotatable bonds is 6. The van der Waals surface area contributed by atoms with Crippen molar-refractivity contribution in [3.63, 3.8) is 0 Å². The SMILES string of the molecule is CC(C)O.CCC[Si](O)(CCC)CCC.O.O.[Zr]. The van der Waals surface area contributed by atoms with Gasteiger partial charge in [-0.05, 0) is 32.0 Å². The predicted octanol–water partition coefficient (Wildman–Crippen LogP) is 1.89. The molecule has 0 bridgehead atoms. The summed E-state index contributed by atoms with van der Waals surface area (Å²) in [5.41, 5.74) is 0. The van der Waals surface area contributed by atoms with E-state index in [2.05, 4.69) is 20.8 Å². The molecular formula is C12H34O4SiZr. The normalized spacial score (nSPS) is 9.33. The van der Waals surface area contributed by atoms with Crippen LogP contribution in [0.15, 0.2) is 0 Å². The van der Waals surface area contributed by atoms with Crippen molar-refractivity contribution in [3.05, 3.63) is 0 Å². The minimum atomic E-state index is -1.75. The van der Waals surface area contributed by atoms with Gasteiger partial charge in [0.15, 0.2) is 8.32 Å².